The quantitative estimate of drug-likeness (QED) is 0.585. The molecule has 3 aliphatic rings. The fraction of sp³-hybridized carbons (Fsp3) is 1.00. The third-order valence-electron chi connectivity index (χ3n) is 5.89. The lowest BCUT2D eigenvalue weighted by Gasteiger charge is -2.45. The van der Waals surface area contributed by atoms with Crippen molar-refractivity contribution < 1.29 is 20.4 Å². The van der Waals surface area contributed by atoms with Gasteiger partial charge in [-0.15, -0.1) is 0 Å². The SMILES string of the molecule is OC[C@@H]1[C@@H](O)[C@H](O)[C@@H](O)CN1C[C@H]1CC[C@@H](C2CC2)CC1. The van der Waals surface area contributed by atoms with Crippen LogP contribution in [0.2, 0.25) is 0 Å². The molecular formula is C16H29NO4. The van der Waals surface area contributed by atoms with Crippen LogP contribution in [0.5, 0.6) is 0 Å². The Hall–Kier alpha value is -0.200. The molecule has 2 aliphatic carbocycles. The first-order valence-electron chi connectivity index (χ1n) is 8.49. The van der Waals surface area contributed by atoms with Gasteiger partial charge in [-0.1, -0.05) is 0 Å². The van der Waals surface area contributed by atoms with Crippen LogP contribution in [0.1, 0.15) is 38.5 Å². The minimum absolute atomic E-state index is 0.178. The summed E-state index contributed by atoms with van der Waals surface area (Å²) in [4.78, 5) is 1.98. The molecule has 4 atom stereocenters. The summed E-state index contributed by atoms with van der Waals surface area (Å²) >= 11 is 0. The fourth-order valence-electron chi connectivity index (χ4n) is 4.33. The van der Waals surface area contributed by atoms with Gasteiger partial charge in [0.2, 0.25) is 0 Å². The Bertz CT molecular complexity index is 341. The van der Waals surface area contributed by atoms with Crippen LogP contribution in [-0.4, -0.2) is 69.4 Å². The van der Waals surface area contributed by atoms with Crippen LogP contribution in [0.25, 0.3) is 0 Å². The molecule has 2 saturated carbocycles. The van der Waals surface area contributed by atoms with Crippen molar-refractivity contribution in [2.24, 2.45) is 17.8 Å². The summed E-state index contributed by atoms with van der Waals surface area (Å²) in [5, 5.41) is 39.1. The standard InChI is InChI=1S/C16H29NO4/c18-9-13-15(20)16(21)14(19)8-17(13)7-10-1-3-11(4-2-10)12-5-6-12/h10-16,18-21H,1-9H2/t10-,11+,13-,14+,15-,16-/m1/s1. The maximum Gasteiger partial charge on any atom is 0.109 e. The van der Waals surface area contributed by atoms with E-state index in [4.69, 9.17) is 0 Å². The zero-order chi connectivity index (χ0) is 15.0. The van der Waals surface area contributed by atoms with Crippen molar-refractivity contribution in [3.8, 4) is 0 Å². The minimum Gasteiger partial charge on any atom is -0.395 e. The molecule has 0 aromatic rings. The second-order valence-electron chi connectivity index (χ2n) is 7.37. The topological polar surface area (TPSA) is 84.2 Å². The van der Waals surface area contributed by atoms with Gasteiger partial charge in [-0.05, 0) is 56.3 Å². The number of nitrogens with zero attached hydrogens (tertiary/aromatic N) is 1. The average Bonchev–Trinajstić information content (AvgIpc) is 3.31. The van der Waals surface area contributed by atoms with E-state index in [1.165, 1.54) is 38.5 Å². The second-order valence-corrected chi connectivity index (χ2v) is 7.37. The maximum atomic E-state index is 10.0. The zero-order valence-electron chi connectivity index (χ0n) is 12.6. The molecule has 0 aromatic carbocycles. The number of hydrogen-bond donors (Lipinski definition) is 4. The van der Waals surface area contributed by atoms with Gasteiger partial charge in [0.05, 0.1) is 18.8 Å². The maximum absolute atomic E-state index is 10.0. The number of piperidine rings is 1. The number of rotatable bonds is 4. The van der Waals surface area contributed by atoms with Crippen molar-refractivity contribution in [1.82, 2.24) is 4.90 Å². The van der Waals surface area contributed by atoms with Crippen LogP contribution in [0.3, 0.4) is 0 Å². The summed E-state index contributed by atoms with van der Waals surface area (Å²) in [6.45, 7) is 0.970. The van der Waals surface area contributed by atoms with E-state index in [0.29, 0.717) is 12.5 Å². The normalized spacial score (nSPS) is 45.7. The van der Waals surface area contributed by atoms with Gasteiger partial charge in [0, 0.05) is 13.1 Å². The largest absolute Gasteiger partial charge is 0.395 e. The molecule has 0 radical (unpaired) electrons. The average molecular weight is 299 g/mol. The Morgan fingerprint density at radius 2 is 1.38 bits per heavy atom. The molecule has 21 heavy (non-hydrogen) atoms. The number of hydrogen-bond acceptors (Lipinski definition) is 5. The molecule has 5 nitrogen and oxygen atoms in total. The number of aliphatic hydroxyl groups excluding tert-OH is 4. The lowest BCUT2D eigenvalue weighted by molar-refractivity contribution is -0.148. The van der Waals surface area contributed by atoms with Gasteiger partial charge >= 0.3 is 0 Å². The van der Waals surface area contributed by atoms with Gasteiger partial charge in [0.15, 0.2) is 0 Å². The second kappa shape index (κ2) is 6.50. The molecule has 0 spiro atoms. The highest BCUT2D eigenvalue weighted by atomic mass is 16.4. The highest BCUT2D eigenvalue weighted by molar-refractivity contribution is 4.95. The molecule has 1 heterocycles. The van der Waals surface area contributed by atoms with Crippen LogP contribution in [0.4, 0.5) is 0 Å². The summed E-state index contributed by atoms with van der Waals surface area (Å²) in [7, 11) is 0. The molecule has 1 saturated heterocycles. The lowest BCUT2D eigenvalue weighted by atomic mass is 9.79. The molecule has 4 N–H and O–H groups in total. The molecule has 0 amide bonds. The molecule has 1 aliphatic heterocycles. The Kier molecular flexibility index (Phi) is 4.86. The van der Waals surface area contributed by atoms with E-state index in [1.807, 2.05) is 4.90 Å². The van der Waals surface area contributed by atoms with Gasteiger partial charge in [0.25, 0.3) is 0 Å². The fourth-order valence-corrected chi connectivity index (χ4v) is 4.33. The third kappa shape index (κ3) is 3.42. The Morgan fingerprint density at radius 1 is 0.810 bits per heavy atom. The summed E-state index contributed by atoms with van der Waals surface area (Å²) in [5.41, 5.74) is 0. The zero-order valence-corrected chi connectivity index (χ0v) is 12.6. The molecule has 3 fully saturated rings. The molecule has 122 valence electrons. The van der Waals surface area contributed by atoms with E-state index in [0.717, 1.165) is 18.4 Å². The van der Waals surface area contributed by atoms with Gasteiger partial charge in [-0.25, -0.2) is 0 Å². The van der Waals surface area contributed by atoms with Crippen molar-refractivity contribution in [2.75, 3.05) is 19.7 Å². The molecule has 5 heteroatoms. The van der Waals surface area contributed by atoms with Crippen LogP contribution in [0.15, 0.2) is 0 Å². The predicted octanol–water partition coefficient (Wildman–Crippen LogP) is -0.0380. The van der Waals surface area contributed by atoms with Gasteiger partial charge in [-0.2, -0.15) is 0 Å². The molecule has 3 rings (SSSR count). The summed E-state index contributed by atoms with van der Waals surface area (Å²) < 4.78 is 0. The van der Waals surface area contributed by atoms with Crippen LogP contribution < -0.4 is 0 Å². The first-order chi connectivity index (χ1) is 10.1. The van der Waals surface area contributed by atoms with Gasteiger partial charge in [-0.3, -0.25) is 4.90 Å². The Balaban J connectivity index is 1.53. The molecule has 0 bridgehead atoms. The first kappa shape index (κ1) is 15.7. The molecule has 0 aromatic heterocycles. The first-order valence-corrected chi connectivity index (χ1v) is 8.49. The van der Waals surface area contributed by atoms with Crippen LogP contribution in [-0.2, 0) is 0 Å². The van der Waals surface area contributed by atoms with Gasteiger partial charge in [0.1, 0.15) is 12.2 Å². The van der Waals surface area contributed by atoms with E-state index in [1.54, 1.807) is 0 Å². The predicted molar refractivity (Wildman–Crippen MR) is 78.6 cm³/mol. The van der Waals surface area contributed by atoms with Crippen molar-refractivity contribution in [1.29, 1.82) is 0 Å². The van der Waals surface area contributed by atoms with Crippen molar-refractivity contribution in [3.63, 3.8) is 0 Å². The summed E-state index contributed by atoms with van der Waals surface area (Å²) in [5.74, 6) is 2.50. The van der Waals surface area contributed by atoms with Crippen molar-refractivity contribution in [2.45, 2.75) is 62.9 Å². The van der Waals surface area contributed by atoms with E-state index >= 15 is 0 Å². The van der Waals surface area contributed by atoms with E-state index in [-0.39, 0.29) is 6.61 Å². The summed E-state index contributed by atoms with van der Waals surface area (Å²) in [6.07, 6.45) is 4.74. The van der Waals surface area contributed by atoms with E-state index in [2.05, 4.69) is 0 Å². The smallest absolute Gasteiger partial charge is 0.109 e. The monoisotopic (exact) mass is 299 g/mol. The van der Waals surface area contributed by atoms with Gasteiger partial charge < -0.3 is 20.4 Å². The molecular weight excluding hydrogens is 270 g/mol. The highest BCUT2D eigenvalue weighted by Crippen LogP contribution is 2.45. The Morgan fingerprint density at radius 3 is 1.90 bits per heavy atom. The van der Waals surface area contributed by atoms with E-state index in [9.17, 15) is 20.4 Å². The third-order valence-corrected chi connectivity index (χ3v) is 5.89. The minimum atomic E-state index is -1.15. The van der Waals surface area contributed by atoms with Crippen LogP contribution in [0, 0.1) is 17.8 Å². The number of β-amino-alcohol motifs (C(OH)–C–C–N with tert-alkyl or cyclic N) is 1. The van der Waals surface area contributed by atoms with E-state index < -0.39 is 24.4 Å². The Labute approximate surface area is 126 Å². The summed E-state index contributed by atoms with van der Waals surface area (Å²) in [6, 6.07) is -0.454. The van der Waals surface area contributed by atoms with Crippen LogP contribution >= 0.6 is 0 Å². The lowest BCUT2D eigenvalue weighted by Crippen LogP contribution is -2.63. The van der Waals surface area contributed by atoms with Crippen molar-refractivity contribution >= 4 is 0 Å². The highest BCUT2D eigenvalue weighted by Gasteiger charge is 2.42. The molecule has 0 unspecified atom stereocenters. The number of likely N-dealkylation sites (tertiary alicyclic amines) is 1. The number of aliphatic hydroxyl groups is 4. The van der Waals surface area contributed by atoms with Crippen molar-refractivity contribution in [3.05, 3.63) is 0 Å².